The summed E-state index contributed by atoms with van der Waals surface area (Å²) in [6.45, 7) is 1.44. The van der Waals surface area contributed by atoms with E-state index in [0.29, 0.717) is 19.5 Å². The van der Waals surface area contributed by atoms with Gasteiger partial charge in [0, 0.05) is 49.7 Å². The molecule has 1 aromatic heterocycles. The molecule has 1 amide bonds. The van der Waals surface area contributed by atoms with Crippen LogP contribution in [0.5, 0.6) is 0 Å². The summed E-state index contributed by atoms with van der Waals surface area (Å²) in [5.74, 6) is -2.63. The van der Waals surface area contributed by atoms with E-state index in [4.69, 9.17) is 9.47 Å². The van der Waals surface area contributed by atoms with Crippen molar-refractivity contribution in [1.82, 2.24) is 14.8 Å². The first-order valence-electron chi connectivity index (χ1n) is 11.6. The number of likely N-dealkylation sites (tertiary alicyclic amines) is 1. The summed E-state index contributed by atoms with van der Waals surface area (Å²) in [6.07, 6.45) is -0.175. The van der Waals surface area contributed by atoms with Crippen molar-refractivity contribution in [2.75, 3.05) is 26.7 Å². The molecule has 1 saturated heterocycles. The number of amides is 1. The molecule has 190 valence electrons. The summed E-state index contributed by atoms with van der Waals surface area (Å²) in [6, 6.07) is 13.3. The van der Waals surface area contributed by atoms with Crippen LogP contribution < -0.4 is 10.9 Å². The summed E-state index contributed by atoms with van der Waals surface area (Å²) in [7, 11) is 1.28. The molecule has 0 spiro atoms. The summed E-state index contributed by atoms with van der Waals surface area (Å²) in [5.41, 5.74) is 0.632. The molecule has 3 aromatic rings. The Kier molecular flexibility index (Phi) is 7.94. The maximum atomic E-state index is 14.2. The number of halogens is 2. The Morgan fingerprint density at radius 2 is 1.86 bits per heavy atom. The number of fused-ring (bicyclic) bond motifs is 1. The van der Waals surface area contributed by atoms with Gasteiger partial charge in [-0.15, -0.1) is 0 Å². The molecule has 0 aliphatic carbocycles. The Labute approximate surface area is 206 Å². The van der Waals surface area contributed by atoms with Crippen molar-refractivity contribution in [2.45, 2.75) is 25.6 Å². The van der Waals surface area contributed by atoms with Crippen LogP contribution in [0, 0.1) is 17.6 Å². The zero-order valence-corrected chi connectivity index (χ0v) is 19.8. The van der Waals surface area contributed by atoms with Gasteiger partial charge in [0.15, 0.2) is 0 Å². The van der Waals surface area contributed by atoms with E-state index in [1.165, 1.54) is 23.8 Å². The first-order chi connectivity index (χ1) is 17.4. The van der Waals surface area contributed by atoms with Crippen molar-refractivity contribution >= 4 is 23.0 Å². The molecule has 1 aliphatic rings. The van der Waals surface area contributed by atoms with Gasteiger partial charge in [0.25, 0.3) is 5.56 Å². The zero-order chi connectivity index (χ0) is 25.7. The van der Waals surface area contributed by atoms with Crippen LogP contribution in [0.1, 0.15) is 12.0 Å². The number of benzene rings is 2. The lowest BCUT2D eigenvalue weighted by Gasteiger charge is -2.37. The maximum absolute atomic E-state index is 14.2. The number of carbonyl (C=O) groups is 2. The van der Waals surface area contributed by atoms with Crippen LogP contribution in [0.3, 0.4) is 0 Å². The number of pyridine rings is 1. The average Bonchev–Trinajstić information content (AvgIpc) is 2.87. The first-order valence-corrected chi connectivity index (χ1v) is 11.6. The number of ether oxygens (including phenoxy) is 2. The van der Waals surface area contributed by atoms with Gasteiger partial charge in [0.1, 0.15) is 18.2 Å². The summed E-state index contributed by atoms with van der Waals surface area (Å²) >= 11 is 0. The van der Waals surface area contributed by atoms with Gasteiger partial charge in [-0.2, -0.15) is 0 Å². The number of hydrogen-bond donors (Lipinski definition) is 1. The number of rotatable bonds is 7. The first kappa shape index (κ1) is 25.3. The molecular weight excluding hydrogens is 472 g/mol. The van der Waals surface area contributed by atoms with Gasteiger partial charge in [-0.1, -0.05) is 30.3 Å². The fourth-order valence-corrected chi connectivity index (χ4v) is 4.50. The van der Waals surface area contributed by atoms with Crippen LogP contribution in [-0.2, 0) is 27.4 Å². The van der Waals surface area contributed by atoms with E-state index in [-0.39, 0.29) is 36.2 Å². The van der Waals surface area contributed by atoms with E-state index in [1.807, 2.05) is 35.2 Å². The van der Waals surface area contributed by atoms with Gasteiger partial charge >= 0.3 is 12.1 Å². The van der Waals surface area contributed by atoms with Crippen LogP contribution in [0.2, 0.25) is 0 Å². The van der Waals surface area contributed by atoms with Gasteiger partial charge in [0.05, 0.1) is 18.5 Å². The van der Waals surface area contributed by atoms with E-state index >= 15 is 0 Å². The smallest absolute Gasteiger partial charge is 0.407 e. The highest BCUT2D eigenvalue weighted by Crippen LogP contribution is 2.21. The molecule has 2 atom stereocenters. The van der Waals surface area contributed by atoms with Gasteiger partial charge in [-0.3, -0.25) is 9.59 Å². The summed E-state index contributed by atoms with van der Waals surface area (Å²) in [5, 5.41) is 2.92. The molecule has 0 saturated carbocycles. The quantitative estimate of drug-likeness (QED) is 0.503. The van der Waals surface area contributed by atoms with E-state index in [9.17, 15) is 23.2 Å². The number of aromatic nitrogens is 1. The van der Waals surface area contributed by atoms with Gasteiger partial charge in [-0.25, -0.2) is 13.6 Å². The fourth-order valence-electron chi connectivity index (χ4n) is 4.50. The number of alkyl carbamates (subject to hydrolysis) is 1. The second kappa shape index (κ2) is 11.3. The molecule has 1 aliphatic heterocycles. The van der Waals surface area contributed by atoms with Crippen molar-refractivity contribution < 1.29 is 27.8 Å². The molecule has 4 rings (SSSR count). The second-order valence-electron chi connectivity index (χ2n) is 8.68. The highest BCUT2D eigenvalue weighted by molar-refractivity contribution is 5.79. The Hall–Kier alpha value is -3.79. The van der Waals surface area contributed by atoms with Crippen molar-refractivity contribution in [3.05, 3.63) is 82.1 Å². The minimum absolute atomic E-state index is 0.107. The highest BCUT2D eigenvalue weighted by Gasteiger charge is 2.36. The third-order valence-electron chi connectivity index (χ3n) is 6.38. The van der Waals surface area contributed by atoms with Crippen LogP contribution in [0.15, 0.2) is 59.4 Å². The Morgan fingerprint density at radius 1 is 1.08 bits per heavy atom. The summed E-state index contributed by atoms with van der Waals surface area (Å²) < 4.78 is 39.5. The lowest BCUT2D eigenvalue weighted by molar-refractivity contribution is -0.148. The SMILES string of the molecule is COC(=O)[C@H]1CN(CCn2c(=O)ccc3c(F)cc(F)cc32)CC[C@H]1NC(=O)OCc1ccccc1. The van der Waals surface area contributed by atoms with Crippen LogP contribution in [0.4, 0.5) is 13.6 Å². The monoisotopic (exact) mass is 499 g/mol. The number of piperidine rings is 1. The van der Waals surface area contributed by atoms with Gasteiger partial charge in [0.2, 0.25) is 0 Å². The fraction of sp³-hybridized carbons (Fsp3) is 0.346. The number of hydrogen-bond acceptors (Lipinski definition) is 6. The van der Waals surface area contributed by atoms with E-state index in [2.05, 4.69) is 5.32 Å². The van der Waals surface area contributed by atoms with Crippen molar-refractivity contribution in [3.8, 4) is 0 Å². The number of esters is 1. The largest absolute Gasteiger partial charge is 0.469 e. The summed E-state index contributed by atoms with van der Waals surface area (Å²) in [4.78, 5) is 39.2. The Balaban J connectivity index is 1.40. The molecule has 36 heavy (non-hydrogen) atoms. The molecule has 2 aromatic carbocycles. The average molecular weight is 500 g/mol. The molecule has 1 fully saturated rings. The van der Waals surface area contributed by atoms with Crippen LogP contribution in [0.25, 0.3) is 10.9 Å². The van der Waals surface area contributed by atoms with Crippen LogP contribution in [-0.4, -0.2) is 54.3 Å². The predicted octanol–water partition coefficient (Wildman–Crippen LogP) is 3.07. The van der Waals surface area contributed by atoms with E-state index in [1.54, 1.807) is 0 Å². The maximum Gasteiger partial charge on any atom is 0.407 e. The minimum atomic E-state index is -0.767. The molecule has 1 N–H and O–H groups in total. The molecule has 10 heteroatoms. The van der Waals surface area contributed by atoms with Gasteiger partial charge in [-0.05, 0) is 24.1 Å². The molecular formula is C26H27F2N3O5. The van der Waals surface area contributed by atoms with Crippen molar-refractivity contribution in [2.24, 2.45) is 5.92 Å². The van der Waals surface area contributed by atoms with E-state index in [0.717, 1.165) is 17.7 Å². The van der Waals surface area contributed by atoms with Crippen LogP contribution >= 0.6 is 0 Å². The number of methoxy groups -OCH3 is 1. The molecule has 0 radical (unpaired) electrons. The second-order valence-corrected chi connectivity index (χ2v) is 8.68. The topological polar surface area (TPSA) is 89.9 Å². The predicted molar refractivity (Wildman–Crippen MR) is 128 cm³/mol. The number of carbonyl (C=O) groups excluding carboxylic acids is 2. The Morgan fingerprint density at radius 3 is 2.61 bits per heavy atom. The third-order valence-corrected chi connectivity index (χ3v) is 6.38. The lowest BCUT2D eigenvalue weighted by atomic mass is 9.92. The standard InChI is InChI=1S/C26H27F2N3O5/c1-35-25(33)20-15-30(10-9-22(20)29-26(34)36-16-17-5-3-2-4-6-17)11-12-31-23-14-18(27)13-21(28)19(23)7-8-24(31)32/h2-8,13-14,20,22H,9-12,15-16H2,1H3,(H,29,34)/t20-,22+/m0/s1. The van der Waals surface area contributed by atoms with Crippen molar-refractivity contribution in [3.63, 3.8) is 0 Å². The van der Waals surface area contributed by atoms with E-state index < -0.39 is 35.7 Å². The molecule has 0 bridgehead atoms. The minimum Gasteiger partial charge on any atom is -0.469 e. The number of nitrogens with one attached hydrogen (secondary N) is 1. The third kappa shape index (κ3) is 5.88. The molecule has 8 nitrogen and oxygen atoms in total. The van der Waals surface area contributed by atoms with Gasteiger partial charge < -0.3 is 24.3 Å². The zero-order valence-electron chi connectivity index (χ0n) is 19.8. The number of nitrogens with zero attached hydrogens (tertiary/aromatic N) is 2. The Bertz CT molecular complexity index is 1300. The van der Waals surface area contributed by atoms with Crippen molar-refractivity contribution in [1.29, 1.82) is 0 Å². The normalized spacial score (nSPS) is 18.1. The lowest BCUT2D eigenvalue weighted by Crippen LogP contribution is -2.54. The highest BCUT2D eigenvalue weighted by atomic mass is 19.1. The molecule has 0 unspecified atom stereocenters. The molecule has 2 heterocycles.